The molecule has 69 heavy (non-hydrogen) atoms. The summed E-state index contributed by atoms with van der Waals surface area (Å²) >= 11 is 0. The Hall–Kier alpha value is -6.40. The molecule has 2 heterocycles. The van der Waals surface area contributed by atoms with Gasteiger partial charge in [0.1, 0.15) is 29.9 Å². The largest absolute Gasteiger partial charge is 0.459 e. The standard InChI is InChI=1S/C58H62N2O9/c1-2-31-66-58-54(60(57(63)43-20-21-43)36-40-19-27-52-53(32-40)65-38-64-52)35-50(59-67-37-39-13-5-3-6-14-39)48-33-44(17-9-11-29-61)47(18-10-12-30-62)55(56(48)58)49-34-46(26-28-51(49)69-58)68-45-24-22-42(23-25-45)41-15-7-4-8-16-41/h2-8,13-16,19,22-28,32-34,43-44,47,54-56,61-62H,1,9-12,17-18,20-21,29-31,35-38H2/t44-,47+,54-,55+,56+,58+/m0/s1. The molecule has 11 nitrogen and oxygen atoms in total. The molecule has 0 bridgehead atoms. The number of nitrogens with zero attached hydrogens (tertiary/aromatic N) is 2. The molecule has 2 fully saturated rings. The maximum Gasteiger partial charge on any atom is 0.239 e. The number of hydrogen-bond acceptors (Lipinski definition) is 10. The molecule has 10 rings (SSSR count). The smallest absolute Gasteiger partial charge is 0.239 e. The molecule has 358 valence electrons. The molecule has 5 aromatic carbocycles. The van der Waals surface area contributed by atoms with Crippen molar-refractivity contribution >= 4 is 11.6 Å². The van der Waals surface area contributed by atoms with Crippen LogP contribution in [-0.2, 0) is 27.5 Å². The summed E-state index contributed by atoms with van der Waals surface area (Å²) in [6.45, 7) is 5.19. The van der Waals surface area contributed by atoms with Crippen molar-refractivity contribution < 1.29 is 43.5 Å². The van der Waals surface area contributed by atoms with E-state index in [-0.39, 0.29) is 69.3 Å². The Kier molecular flexibility index (Phi) is 14.2. The molecule has 11 heteroatoms. The second-order valence-corrected chi connectivity index (χ2v) is 19.0. The maximum atomic E-state index is 15.1. The highest BCUT2D eigenvalue weighted by molar-refractivity contribution is 6.03. The second kappa shape index (κ2) is 21.1. The predicted molar refractivity (Wildman–Crippen MR) is 264 cm³/mol. The fraction of sp³-hybridized carbons (Fsp3) is 0.379. The third-order valence-electron chi connectivity index (χ3n) is 14.5. The lowest BCUT2D eigenvalue weighted by atomic mass is 9.55. The number of carbonyl (C=O) groups is 1. The lowest BCUT2D eigenvalue weighted by Gasteiger charge is -2.60. The van der Waals surface area contributed by atoms with Crippen molar-refractivity contribution in [3.63, 3.8) is 0 Å². The fourth-order valence-corrected chi connectivity index (χ4v) is 11.1. The maximum absolute atomic E-state index is 15.1. The Bertz CT molecular complexity index is 2630. The first kappa shape index (κ1) is 46.3. The van der Waals surface area contributed by atoms with Crippen LogP contribution in [0, 0.1) is 23.7 Å². The van der Waals surface area contributed by atoms with Crippen LogP contribution in [0.15, 0.2) is 151 Å². The van der Waals surface area contributed by atoms with Crippen LogP contribution in [0.1, 0.15) is 80.4 Å². The molecular formula is C58H62N2O9. The minimum atomic E-state index is -1.39. The number of carbonyl (C=O) groups excluding carboxylic acids is 1. The zero-order valence-corrected chi connectivity index (χ0v) is 39.1. The number of rotatable bonds is 21. The number of fused-ring (bicyclic) bond motifs is 3. The lowest BCUT2D eigenvalue weighted by molar-refractivity contribution is -0.258. The van der Waals surface area contributed by atoms with Crippen LogP contribution < -0.4 is 18.9 Å². The Balaban J connectivity index is 1.13. The van der Waals surface area contributed by atoms with E-state index in [1.807, 2.05) is 95.9 Å². The summed E-state index contributed by atoms with van der Waals surface area (Å²) < 4.78 is 33.0. The molecule has 2 aliphatic heterocycles. The van der Waals surface area contributed by atoms with E-state index in [2.05, 4.69) is 43.0 Å². The van der Waals surface area contributed by atoms with Crippen molar-refractivity contribution in [2.24, 2.45) is 28.8 Å². The Labute approximate surface area is 405 Å². The first-order valence-electron chi connectivity index (χ1n) is 24.7. The van der Waals surface area contributed by atoms with E-state index in [0.717, 1.165) is 77.6 Å². The molecule has 0 saturated heterocycles. The van der Waals surface area contributed by atoms with Gasteiger partial charge < -0.3 is 43.6 Å². The summed E-state index contributed by atoms with van der Waals surface area (Å²) in [5.41, 5.74) is 6.84. The van der Waals surface area contributed by atoms with E-state index in [1.54, 1.807) is 6.08 Å². The third-order valence-corrected chi connectivity index (χ3v) is 14.5. The molecule has 0 unspecified atom stereocenters. The first-order valence-corrected chi connectivity index (χ1v) is 24.7. The van der Waals surface area contributed by atoms with Gasteiger partial charge in [-0.05, 0) is 121 Å². The molecule has 5 aliphatic rings. The van der Waals surface area contributed by atoms with Gasteiger partial charge >= 0.3 is 0 Å². The normalized spacial score (nSPS) is 23.5. The number of aliphatic hydroxyl groups is 2. The molecule has 2 N–H and O–H groups in total. The van der Waals surface area contributed by atoms with Crippen LogP contribution in [-0.4, -0.2) is 65.2 Å². The highest BCUT2D eigenvalue weighted by atomic mass is 16.7. The van der Waals surface area contributed by atoms with Crippen molar-refractivity contribution in [2.45, 2.75) is 88.7 Å². The van der Waals surface area contributed by atoms with Gasteiger partial charge in [-0.25, -0.2) is 0 Å². The van der Waals surface area contributed by atoms with E-state index in [4.69, 9.17) is 33.7 Å². The number of oxime groups is 1. The third kappa shape index (κ3) is 9.91. The van der Waals surface area contributed by atoms with Crippen molar-refractivity contribution in [3.8, 4) is 39.9 Å². The van der Waals surface area contributed by atoms with Crippen LogP contribution >= 0.6 is 0 Å². The fourth-order valence-electron chi connectivity index (χ4n) is 11.1. The number of aliphatic hydroxyl groups excluding tert-OH is 2. The van der Waals surface area contributed by atoms with Crippen LogP contribution in [0.4, 0.5) is 0 Å². The van der Waals surface area contributed by atoms with Crippen molar-refractivity contribution in [1.82, 2.24) is 4.90 Å². The summed E-state index contributed by atoms with van der Waals surface area (Å²) in [6.07, 6.45) is 10.7. The number of ether oxygens (including phenoxy) is 5. The number of allylic oxidation sites excluding steroid dienone is 1. The van der Waals surface area contributed by atoms with Gasteiger partial charge in [0.25, 0.3) is 0 Å². The minimum absolute atomic E-state index is 0.0430. The SMILES string of the molecule is C=CCO[C@@]12Oc3ccc(Oc4ccc(-c5ccccc5)cc4)cc3[C@H]3[C@H](CCCCO)[C@@H](CCCCO)C=C(C(=NOCc4ccccc4)C[C@@H]1N(Cc1ccc4c(c1)OCO4)C(=O)C1CC1)[C@H]32. The van der Waals surface area contributed by atoms with Gasteiger partial charge in [0.2, 0.25) is 18.5 Å². The molecule has 6 atom stereocenters. The van der Waals surface area contributed by atoms with Crippen molar-refractivity contribution in [2.75, 3.05) is 26.6 Å². The summed E-state index contributed by atoms with van der Waals surface area (Å²) in [7, 11) is 0. The van der Waals surface area contributed by atoms with Crippen LogP contribution in [0.2, 0.25) is 0 Å². The quantitative estimate of drug-likeness (QED) is 0.0420. The first-order chi connectivity index (χ1) is 34.0. The zero-order valence-electron chi connectivity index (χ0n) is 39.1. The number of benzene rings is 5. The van der Waals surface area contributed by atoms with Gasteiger partial charge in [-0.1, -0.05) is 109 Å². The summed E-state index contributed by atoms with van der Waals surface area (Å²) in [5.74, 6) is 1.39. The van der Waals surface area contributed by atoms with Gasteiger partial charge in [0.15, 0.2) is 11.5 Å². The van der Waals surface area contributed by atoms with Crippen molar-refractivity contribution in [1.29, 1.82) is 0 Å². The number of hydrogen-bond donors (Lipinski definition) is 2. The summed E-state index contributed by atoms with van der Waals surface area (Å²) in [5, 5.41) is 25.2. The summed E-state index contributed by atoms with van der Waals surface area (Å²) in [6, 6.07) is 39.7. The molecule has 5 aromatic rings. The summed E-state index contributed by atoms with van der Waals surface area (Å²) in [4.78, 5) is 23.4. The highest BCUT2D eigenvalue weighted by Gasteiger charge is 2.66. The molecule has 0 radical (unpaired) electrons. The van der Waals surface area contributed by atoms with Gasteiger partial charge in [0.05, 0.1) is 18.2 Å². The molecule has 0 aromatic heterocycles. The van der Waals surface area contributed by atoms with E-state index >= 15 is 4.79 Å². The average molecular weight is 931 g/mol. The average Bonchev–Trinajstić information content (AvgIpc) is 4.13. The van der Waals surface area contributed by atoms with Crippen LogP contribution in [0.5, 0.6) is 28.7 Å². The number of amides is 1. The van der Waals surface area contributed by atoms with Gasteiger partial charge in [-0.3, -0.25) is 4.79 Å². The molecule has 1 amide bonds. The molecule has 3 aliphatic carbocycles. The van der Waals surface area contributed by atoms with E-state index in [9.17, 15) is 10.2 Å². The molecular weight excluding hydrogens is 869 g/mol. The molecule has 2 saturated carbocycles. The minimum Gasteiger partial charge on any atom is -0.459 e. The van der Waals surface area contributed by atoms with Crippen LogP contribution in [0.25, 0.3) is 11.1 Å². The highest BCUT2D eigenvalue weighted by Crippen LogP contribution is 2.62. The van der Waals surface area contributed by atoms with E-state index in [0.29, 0.717) is 48.0 Å². The Morgan fingerprint density at radius 3 is 2.25 bits per heavy atom. The van der Waals surface area contributed by atoms with Crippen LogP contribution in [0.3, 0.4) is 0 Å². The lowest BCUT2D eigenvalue weighted by Crippen LogP contribution is -2.70. The topological polar surface area (TPSA) is 129 Å². The Morgan fingerprint density at radius 2 is 1.49 bits per heavy atom. The zero-order chi connectivity index (χ0) is 47.2. The monoisotopic (exact) mass is 930 g/mol. The van der Waals surface area contributed by atoms with Gasteiger partial charge in [-0.2, -0.15) is 0 Å². The van der Waals surface area contributed by atoms with Crippen molar-refractivity contribution in [3.05, 3.63) is 162 Å². The predicted octanol–water partition coefficient (Wildman–Crippen LogP) is 11.1. The number of unbranched alkanes of at least 4 members (excludes halogenated alkanes) is 2. The van der Waals surface area contributed by atoms with E-state index < -0.39 is 17.7 Å². The molecule has 0 spiro atoms. The second-order valence-electron chi connectivity index (χ2n) is 19.0. The van der Waals surface area contributed by atoms with Gasteiger partial charge in [0, 0.05) is 43.6 Å². The van der Waals surface area contributed by atoms with E-state index in [1.165, 1.54) is 0 Å². The Morgan fingerprint density at radius 1 is 0.783 bits per heavy atom. The van der Waals surface area contributed by atoms with Gasteiger partial charge in [-0.15, -0.1) is 6.58 Å².